The lowest BCUT2D eigenvalue weighted by Crippen LogP contribution is -2.25. The van der Waals surface area contributed by atoms with Crippen molar-refractivity contribution in [1.29, 1.82) is 0 Å². The fourth-order valence-electron chi connectivity index (χ4n) is 2.66. The molecule has 0 amide bonds. The van der Waals surface area contributed by atoms with Crippen LogP contribution < -0.4 is 4.72 Å². The highest BCUT2D eigenvalue weighted by atomic mass is 32.2. The van der Waals surface area contributed by atoms with Crippen molar-refractivity contribution in [1.82, 2.24) is 14.3 Å². The summed E-state index contributed by atoms with van der Waals surface area (Å²) in [6, 6.07) is 13.1. The van der Waals surface area contributed by atoms with Crippen LogP contribution in [0.3, 0.4) is 0 Å². The maximum atomic E-state index is 12.6. The van der Waals surface area contributed by atoms with E-state index in [-0.39, 0.29) is 16.3 Å². The van der Waals surface area contributed by atoms with E-state index in [1.807, 2.05) is 35.0 Å². The Hall–Kier alpha value is -2.49. The second kappa shape index (κ2) is 7.63. The van der Waals surface area contributed by atoms with E-state index in [4.69, 9.17) is 0 Å². The van der Waals surface area contributed by atoms with Crippen LogP contribution in [0.25, 0.3) is 0 Å². The van der Waals surface area contributed by atoms with E-state index in [9.17, 15) is 16.8 Å². The minimum Gasteiger partial charge on any atom is -0.333 e. The van der Waals surface area contributed by atoms with Gasteiger partial charge in [-0.15, -0.1) is 0 Å². The van der Waals surface area contributed by atoms with Crippen LogP contribution in [0.4, 0.5) is 0 Å². The van der Waals surface area contributed by atoms with Gasteiger partial charge < -0.3 is 4.57 Å². The Morgan fingerprint density at radius 1 is 0.963 bits per heavy atom. The number of benzene rings is 2. The first-order chi connectivity index (χ1) is 12.8. The van der Waals surface area contributed by atoms with Crippen molar-refractivity contribution < 1.29 is 16.8 Å². The maximum Gasteiger partial charge on any atom is 0.242 e. The number of nitrogens with zero attached hydrogens (tertiary/aromatic N) is 2. The first-order valence-corrected chi connectivity index (χ1v) is 11.5. The highest BCUT2D eigenvalue weighted by Gasteiger charge is 2.23. The molecule has 9 heteroatoms. The monoisotopic (exact) mass is 405 g/mol. The molecule has 0 unspecified atom stereocenters. The van der Waals surface area contributed by atoms with Gasteiger partial charge in [-0.1, -0.05) is 36.4 Å². The molecule has 0 bridgehead atoms. The van der Waals surface area contributed by atoms with Crippen LogP contribution in [0.2, 0.25) is 0 Å². The van der Waals surface area contributed by atoms with Crippen LogP contribution >= 0.6 is 0 Å². The lowest BCUT2D eigenvalue weighted by Gasteiger charge is -2.11. The zero-order valence-electron chi connectivity index (χ0n) is 14.6. The Balaban J connectivity index is 1.79. The molecule has 0 radical (unpaired) electrons. The summed E-state index contributed by atoms with van der Waals surface area (Å²) in [6.07, 6.45) is 6.23. The molecule has 0 aliphatic heterocycles. The highest BCUT2D eigenvalue weighted by Crippen LogP contribution is 2.20. The largest absolute Gasteiger partial charge is 0.333 e. The number of sulfone groups is 1. The molecule has 3 rings (SSSR count). The molecule has 0 spiro atoms. The van der Waals surface area contributed by atoms with E-state index in [0.717, 1.165) is 17.4 Å². The third kappa shape index (κ3) is 4.82. The van der Waals surface area contributed by atoms with E-state index < -0.39 is 19.9 Å². The topological polar surface area (TPSA) is 98.1 Å². The molecular formula is C18H19N3O4S2. The standard InChI is InChI=1S/C18H19N3O4S2/c1-26(22,23)17-7-2-3-8-18(17)27(24,25)20-12-15-5-4-6-16(11-15)13-21-10-9-19-14-21/h2-11,14,20H,12-13H2,1H3. The Labute approximate surface area is 158 Å². The second-order valence-corrected chi connectivity index (χ2v) is 9.82. The average molecular weight is 406 g/mol. The number of sulfonamides is 1. The summed E-state index contributed by atoms with van der Waals surface area (Å²) in [7, 11) is -7.64. The molecule has 0 atom stereocenters. The van der Waals surface area contributed by atoms with Gasteiger partial charge in [-0.05, 0) is 23.3 Å². The van der Waals surface area contributed by atoms with Crippen molar-refractivity contribution in [2.24, 2.45) is 0 Å². The smallest absolute Gasteiger partial charge is 0.242 e. The molecule has 1 N–H and O–H groups in total. The molecule has 2 aromatic carbocycles. The van der Waals surface area contributed by atoms with Crippen molar-refractivity contribution in [3.05, 3.63) is 78.4 Å². The normalized spacial score (nSPS) is 12.2. The van der Waals surface area contributed by atoms with Gasteiger partial charge in [0.05, 0.1) is 11.2 Å². The van der Waals surface area contributed by atoms with E-state index in [1.165, 1.54) is 24.3 Å². The second-order valence-electron chi connectivity index (χ2n) is 6.10. The lowest BCUT2D eigenvalue weighted by molar-refractivity contribution is 0.574. The molecular weight excluding hydrogens is 386 g/mol. The first kappa shape index (κ1) is 19.3. The van der Waals surface area contributed by atoms with E-state index in [0.29, 0.717) is 6.54 Å². The van der Waals surface area contributed by atoms with Gasteiger partial charge in [0.15, 0.2) is 9.84 Å². The summed E-state index contributed by atoms with van der Waals surface area (Å²) in [6.45, 7) is 0.676. The summed E-state index contributed by atoms with van der Waals surface area (Å²) in [4.78, 5) is 3.53. The van der Waals surface area contributed by atoms with E-state index in [1.54, 1.807) is 12.5 Å². The van der Waals surface area contributed by atoms with Crippen molar-refractivity contribution in [2.75, 3.05) is 6.26 Å². The number of aromatic nitrogens is 2. The third-order valence-corrected chi connectivity index (χ3v) is 6.66. The molecule has 0 saturated heterocycles. The number of hydrogen-bond donors (Lipinski definition) is 1. The van der Waals surface area contributed by atoms with Gasteiger partial charge in [0.1, 0.15) is 4.90 Å². The zero-order chi connectivity index (χ0) is 19.5. The number of hydrogen-bond acceptors (Lipinski definition) is 5. The van der Waals surface area contributed by atoms with Gasteiger partial charge >= 0.3 is 0 Å². The molecule has 0 aliphatic rings. The zero-order valence-corrected chi connectivity index (χ0v) is 16.2. The molecule has 3 aromatic rings. The maximum absolute atomic E-state index is 12.6. The van der Waals surface area contributed by atoms with Crippen molar-refractivity contribution in [2.45, 2.75) is 22.9 Å². The van der Waals surface area contributed by atoms with Gasteiger partial charge in [0, 0.05) is 31.7 Å². The van der Waals surface area contributed by atoms with Crippen molar-refractivity contribution in [3.63, 3.8) is 0 Å². The molecule has 142 valence electrons. The Bertz CT molecular complexity index is 1140. The fourth-order valence-corrected chi connectivity index (χ4v) is 5.31. The summed E-state index contributed by atoms with van der Waals surface area (Å²) >= 11 is 0. The number of imidazole rings is 1. The molecule has 0 saturated carbocycles. The molecule has 0 fully saturated rings. The van der Waals surface area contributed by atoms with E-state index >= 15 is 0 Å². The minimum absolute atomic E-state index is 0.0538. The predicted molar refractivity (Wildman–Crippen MR) is 101 cm³/mol. The molecule has 1 heterocycles. The SMILES string of the molecule is CS(=O)(=O)c1ccccc1S(=O)(=O)NCc1cccc(Cn2ccnc2)c1. The highest BCUT2D eigenvalue weighted by molar-refractivity contribution is 7.93. The molecule has 0 aliphatic carbocycles. The quantitative estimate of drug-likeness (QED) is 0.646. The average Bonchev–Trinajstić information content (AvgIpc) is 3.13. The van der Waals surface area contributed by atoms with Crippen LogP contribution in [-0.2, 0) is 33.0 Å². The lowest BCUT2D eigenvalue weighted by atomic mass is 10.1. The van der Waals surface area contributed by atoms with Gasteiger partial charge in [-0.3, -0.25) is 0 Å². The van der Waals surface area contributed by atoms with Crippen LogP contribution in [0.1, 0.15) is 11.1 Å². The minimum atomic E-state index is -3.98. The summed E-state index contributed by atoms with van der Waals surface area (Å²) in [5.41, 5.74) is 1.77. The van der Waals surface area contributed by atoms with Crippen molar-refractivity contribution >= 4 is 19.9 Å². The predicted octanol–water partition coefficient (Wildman–Crippen LogP) is 1.81. The van der Waals surface area contributed by atoms with Crippen LogP contribution in [0.5, 0.6) is 0 Å². The van der Waals surface area contributed by atoms with Gasteiger partial charge in [-0.25, -0.2) is 26.5 Å². The summed E-state index contributed by atoms with van der Waals surface area (Å²) in [5, 5.41) is 0. The van der Waals surface area contributed by atoms with E-state index in [2.05, 4.69) is 9.71 Å². The number of rotatable bonds is 7. The summed E-state index contributed by atoms with van der Waals surface area (Å²) in [5.74, 6) is 0. The Kier molecular flexibility index (Phi) is 5.45. The van der Waals surface area contributed by atoms with Crippen LogP contribution in [-0.4, -0.2) is 32.6 Å². The van der Waals surface area contributed by atoms with Crippen LogP contribution in [0.15, 0.2) is 77.0 Å². The summed E-state index contributed by atoms with van der Waals surface area (Å²) < 4.78 is 53.4. The van der Waals surface area contributed by atoms with Gasteiger partial charge in [-0.2, -0.15) is 0 Å². The Morgan fingerprint density at radius 2 is 1.67 bits per heavy atom. The molecule has 1 aromatic heterocycles. The Morgan fingerprint density at radius 3 is 2.33 bits per heavy atom. The van der Waals surface area contributed by atoms with Crippen LogP contribution in [0, 0.1) is 0 Å². The first-order valence-electron chi connectivity index (χ1n) is 8.08. The number of nitrogens with one attached hydrogen (secondary N) is 1. The van der Waals surface area contributed by atoms with Gasteiger partial charge in [0.25, 0.3) is 0 Å². The van der Waals surface area contributed by atoms with Gasteiger partial charge in [0.2, 0.25) is 10.0 Å². The molecule has 7 nitrogen and oxygen atoms in total. The molecule has 27 heavy (non-hydrogen) atoms. The fraction of sp³-hybridized carbons (Fsp3) is 0.167. The van der Waals surface area contributed by atoms with Crippen molar-refractivity contribution in [3.8, 4) is 0 Å². The third-order valence-electron chi connectivity index (χ3n) is 3.92.